The highest BCUT2D eigenvalue weighted by molar-refractivity contribution is 5.90. The molecule has 3 unspecified atom stereocenters. The molecule has 1 aromatic carbocycles. The predicted octanol–water partition coefficient (Wildman–Crippen LogP) is 3.94. The number of carbonyl (C=O) groups is 2. The number of nitrogens with zero attached hydrogens (tertiary/aromatic N) is 1. The van der Waals surface area contributed by atoms with E-state index >= 15 is 0 Å². The van der Waals surface area contributed by atoms with Crippen LogP contribution in [0, 0.1) is 5.92 Å². The quantitative estimate of drug-likeness (QED) is 0.799. The van der Waals surface area contributed by atoms with Gasteiger partial charge >= 0.3 is 0 Å². The molecule has 2 rings (SSSR count). The number of carbonyl (C=O) groups excluding carboxylic acids is 2. The van der Waals surface area contributed by atoms with E-state index in [1.807, 2.05) is 78.8 Å². The molecule has 1 aromatic rings. The van der Waals surface area contributed by atoms with Crippen LogP contribution in [0.4, 0.5) is 0 Å². The number of likely N-dealkylation sites (tertiary alicyclic amines) is 1. The number of hydrogen-bond donors (Lipinski definition) is 2. The first-order valence-corrected chi connectivity index (χ1v) is 10.6. The van der Waals surface area contributed by atoms with Gasteiger partial charge in [0.15, 0.2) is 0 Å². The maximum atomic E-state index is 12.9. The number of nitrogens with one attached hydrogen (secondary N) is 2. The fraction of sp³-hybridized carbons (Fsp3) is 0.652. The topological polar surface area (TPSA) is 61.4 Å². The zero-order valence-electron chi connectivity index (χ0n) is 19.3. The molecule has 0 aromatic heterocycles. The molecule has 28 heavy (non-hydrogen) atoms. The van der Waals surface area contributed by atoms with Gasteiger partial charge < -0.3 is 15.5 Å². The normalized spacial score (nSPS) is 19.5. The highest BCUT2D eigenvalue weighted by atomic mass is 16.2. The highest BCUT2D eigenvalue weighted by Crippen LogP contribution is 2.26. The zero-order valence-corrected chi connectivity index (χ0v) is 19.3. The van der Waals surface area contributed by atoms with Crippen LogP contribution >= 0.6 is 0 Å². The van der Waals surface area contributed by atoms with Gasteiger partial charge in [-0.3, -0.25) is 9.59 Å². The van der Waals surface area contributed by atoms with E-state index in [2.05, 4.69) is 17.6 Å². The molecule has 0 radical (unpaired) electrons. The van der Waals surface area contributed by atoms with Crippen molar-refractivity contribution >= 4 is 11.8 Å². The SMILES string of the molecule is CC.CC.CNC(C)C(=O)N1CC(C)CC1C(=O)NC(C)(C)c1ccccc1. The third kappa shape index (κ3) is 6.93. The van der Waals surface area contributed by atoms with E-state index in [1.165, 1.54) is 0 Å². The molecule has 0 saturated carbocycles. The van der Waals surface area contributed by atoms with E-state index in [-0.39, 0.29) is 17.9 Å². The molecule has 1 saturated heterocycles. The largest absolute Gasteiger partial charge is 0.345 e. The van der Waals surface area contributed by atoms with Gasteiger partial charge in [0.1, 0.15) is 6.04 Å². The third-order valence-corrected chi connectivity index (χ3v) is 4.83. The van der Waals surface area contributed by atoms with Gasteiger partial charge in [0.05, 0.1) is 11.6 Å². The van der Waals surface area contributed by atoms with Crippen LogP contribution in [0.25, 0.3) is 0 Å². The Kier molecular flexibility index (Phi) is 11.7. The number of amides is 2. The smallest absolute Gasteiger partial charge is 0.243 e. The molecule has 1 aliphatic rings. The molecule has 2 amide bonds. The summed E-state index contributed by atoms with van der Waals surface area (Å²) in [4.78, 5) is 27.2. The van der Waals surface area contributed by atoms with Crippen molar-refractivity contribution in [1.29, 1.82) is 0 Å². The van der Waals surface area contributed by atoms with Crippen molar-refractivity contribution in [2.24, 2.45) is 5.92 Å². The van der Waals surface area contributed by atoms with Crippen LogP contribution in [0.2, 0.25) is 0 Å². The van der Waals surface area contributed by atoms with Crippen LogP contribution in [0.15, 0.2) is 30.3 Å². The van der Waals surface area contributed by atoms with Crippen LogP contribution in [0.3, 0.4) is 0 Å². The van der Waals surface area contributed by atoms with Crippen molar-refractivity contribution in [3.05, 3.63) is 35.9 Å². The van der Waals surface area contributed by atoms with Gasteiger partial charge in [0, 0.05) is 6.54 Å². The van der Waals surface area contributed by atoms with Crippen molar-refractivity contribution in [1.82, 2.24) is 15.5 Å². The summed E-state index contributed by atoms with van der Waals surface area (Å²) in [5, 5.41) is 6.09. The van der Waals surface area contributed by atoms with Crippen molar-refractivity contribution in [3.63, 3.8) is 0 Å². The van der Waals surface area contributed by atoms with Crippen molar-refractivity contribution in [2.45, 2.75) is 79.4 Å². The zero-order chi connectivity index (χ0) is 21.9. The molecule has 0 bridgehead atoms. The first-order chi connectivity index (χ1) is 13.3. The number of benzene rings is 1. The molecule has 5 heteroatoms. The van der Waals surface area contributed by atoms with Crippen molar-refractivity contribution in [3.8, 4) is 0 Å². The molecule has 5 nitrogen and oxygen atoms in total. The Balaban J connectivity index is 0.00000171. The second-order valence-electron chi connectivity index (χ2n) is 7.34. The monoisotopic (exact) mass is 391 g/mol. The summed E-state index contributed by atoms with van der Waals surface area (Å²) in [5.74, 6) is 0.234. The molecule has 160 valence electrons. The lowest BCUT2D eigenvalue weighted by molar-refractivity contribution is -0.140. The van der Waals surface area contributed by atoms with Crippen molar-refractivity contribution in [2.75, 3.05) is 13.6 Å². The second kappa shape index (κ2) is 12.6. The predicted molar refractivity (Wildman–Crippen MR) is 118 cm³/mol. The van der Waals surface area contributed by atoms with Gasteiger partial charge in [-0.1, -0.05) is 65.0 Å². The lowest BCUT2D eigenvalue weighted by atomic mass is 9.93. The van der Waals surface area contributed by atoms with Gasteiger partial charge in [-0.05, 0) is 45.7 Å². The maximum Gasteiger partial charge on any atom is 0.243 e. The van der Waals surface area contributed by atoms with Gasteiger partial charge in [-0.15, -0.1) is 0 Å². The van der Waals surface area contributed by atoms with Crippen LogP contribution in [-0.4, -0.2) is 42.4 Å². The molecule has 1 aliphatic heterocycles. The minimum atomic E-state index is -0.479. The second-order valence-corrected chi connectivity index (χ2v) is 7.34. The van der Waals surface area contributed by atoms with Crippen LogP contribution in [0.5, 0.6) is 0 Å². The summed E-state index contributed by atoms with van der Waals surface area (Å²) < 4.78 is 0. The Hall–Kier alpha value is -1.88. The Morgan fingerprint density at radius 3 is 2.14 bits per heavy atom. The number of hydrogen-bond acceptors (Lipinski definition) is 3. The summed E-state index contributed by atoms with van der Waals surface area (Å²) in [6.07, 6.45) is 0.707. The van der Waals surface area contributed by atoms with Gasteiger partial charge in [-0.2, -0.15) is 0 Å². The van der Waals surface area contributed by atoms with Gasteiger partial charge in [0.2, 0.25) is 11.8 Å². The number of rotatable bonds is 5. The fourth-order valence-corrected chi connectivity index (χ4v) is 3.23. The van der Waals surface area contributed by atoms with Gasteiger partial charge in [-0.25, -0.2) is 0 Å². The summed E-state index contributed by atoms with van der Waals surface area (Å²) in [5.41, 5.74) is 0.568. The minimum Gasteiger partial charge on any atom is -0.345 e. The molecule has 0 spiro atoms. The van der Waals surface area contributed by atoms with E-state index in [0.717, 1.165) is 5.56 Å². The Bertz CT molecular complexity index is 587. The molecular weight excluding hydrogens is 350 g/mol. The average molecular weight is 392 g/mol. The molecule has 0 aliphatic carbocycles. The van der Waals surface area contributed by atoms with Crippen LogP contribution in [0.1, 0.15) is 67.4 Å². The third-order valence-electron chi connectivity index (χ3n) is 4.83. The standard InChI is InChI=1S/C19H29N3O2.2C2H6/c1-13-11-16(22(12-13)18(24)14(2)20-5)17(23)21-19(3,4)15-9-7-6-8-10-15;2*1-2/h6-10,13-14,16,20H,11-12H2,1-5H3,(H,21,23);2*1-2H3. The average Bonchev–Trinajstić information content (AvgIpc) is 3.12. The fourth-order valence-electron chi connectivity index (χ4n) is 3.23. The summed E-state index contributed by atoms with van der Waals surface area (Å²) in [6, 6.07) is 9.21. The summed E-state index contributed by atoms with van der Waals surface area (Å²) in [6.45, 7) is 16.5. The summed E-state index contributed by atoms with van der Waals surface area (Å²) >= 11 is 0. The van der Waals surface area contributed by atoms with Crippen molar-refractivity contribution < 1.29 is 9.59 Å². The minimum absolute atomic E-state index is 0.0143. The maximum absolute atomic E-state index is 12.9. The Labute approximate surface area is 172 Å². The first kappa shape index (κ1) is 26.1. The number of likely N-dealkylation sites (N-methyl/N-ethyl adjacent to an activating group) is 1. The summed E-state index contributed by atoms with van der Waals surface area (Å²) in [7, 11) is 1.76. The van der Waals surface area contributed by atoms with Gasteiger partial charge in [0.25, 0.3) is 0 Å². The van der Waals surface area contributed by atoms with E-state index < -0.39 is 11.6 Å². The van der Waals surface area contributed by atoms with E-state index in [0.29, 0.717) is 18.9 Å². The molecule has 3 atom stereocenters. The lowest BCUT2D eigenvalue weighted by Crippen LogP contribution is -2.54. The Morgan fingerprint density at radius 2 is 1.64 bits per heavy atom. The van der Waals surface area contributed by atoms with Crippen LogP contribution < -0.4 is 10.6 Å². The molecule has 1 fully saturated rings. The van der Waals surface area contributed by atoms with Crippen LogP contribution in [-0.2, 0) is 15.1 Å². The van der Waals surface area contributed by atoms with E-state index in [4.69, 9.17) is 0 Å². The molecule has 1 heterocycles. The highest BCUT2D eigenvalue weighted by Gasteiger charge is 2.40. The van der Waals surface area contributed by atoms with E-state index in [1.54, 1.807) is 11.9 Å². The first-order valence-electron chi connectivity index (χ1n) is 10.6. The lowest BCUT2D eigenvalue weighted by Gasteiger charge is -2.32. The molecular formula is C23H41N3O2. The molecule has 2 N–H and O–H groups in total. The Morgan fingerprint density at radius 1 is 1.11 bits per heavy atom. The van der Waals surface area contributed by atoms with E-state index in [9.17, 15) is 9.59 Å².